The fraction of sp³-hybridized carbons (Fsp3) is 0.474. The Hall–Kier alpha value is -2.34. The molecule has 2 aliphatic rings. The highest BCUT2D eigenvalue weighted by Crippen LogP contribution is 2.38. The Labute approximate surface area is 146 Å². The summed E-state index contributed by atoms with van der Waals surface area (Å²) in [6.07, 6.45) is 3.11. The van der Waals surface area contributed by atoms with E-state index in [1.54, 1.807) is 0 Å². The monoisotopic (exact) mass is 341 g/mol. The first kappa shape index (κ1) is 16.1. The molecular formula is C19H23N3O3. The molecule has 25 heavy (non-hydrogen) atoms. The van der Waals surface area contributed by atoms with E-state index in [2.05, 4.69) is 15.8 Å². The SMILES string of the molecule is Cc1noc(C)c1-c1cc(NC(=O)C2CC2)ccc1O[C@@H]1CCNC1. The number of amides is 1. The van der Waals surface area contributed by atoms with Crippen LogP contribution in [0.4, 0.5) is 5.69 Å². The van der Waals surface area contributed by atoms with Crippen LogP contribution in [0.2, 0.25) is 0 Å². The third kappa shape index (κ3) is 3.39. The molecule has 2 aromatic rings. The van der Waals surface area contributed by atoms with Gasteiger partial charge in [0.05, 0.1) is 11.3 Å². The van der Waals surface area contributed by atoms with Crippen LogP contribution in [-0.4, -0.2) is 30.3 Å². The molecule has 2 N–H and O–H groups in total. The maximum Gasteiger partial charge on any atom is 0.227 e. The van der Waals surface area contributed by atoms with Crippen LogP contribution < -0.4 is 15.4 Å². The van der Waals surface area contributed by atoms with Crippen LogP contribution in [0.25, 0.3) is 11.1 Å². The molecule has 0 bridgehead atoms. The van der Waals surface area contributed by atoms with Crippen molar-refractivity contribution in [2.24, 2.45) is 5.92 Å². The maximum absolute atomic E-state index is 12.1. The van der Waals surface area contributed by atoms with E-state index >= 15 is 0 Å². The van der Waals surface area contributed by atoms with E-state index in [1.165, 1.54) is 0 Å². The van der Waals surface area contributed by atoms with E-state index < -0.39 is 0 Å². The highest BCUT2D eigenvalue weighted by Gasteiger charge is 2.30. The Morgan fingerprint density at radius 1 is 1.32 bits per heavy atom. The summed E-state index contributed by atoms with van der Waals surface area (Å²) >= 11 is 0. The van der Waals surface area contributed by atoms with E-state index in [9.17, 15) is 4.79 Å². The molecule has 1 saturated carbocycles. The van der Waals surface area contributed by atoms with Gasteiger partial charge in [0.15, 0.2) is 0 Å². The molecule has 0 unspecified atom stereocenters. The summed E-state index contributed by atoms with van der Waals surface area (Å²) in [6, 6.07) is 5.80. The second-order valence-corrected chi connectivity index (χ2v) is 6.91. The molecule has 2 heterocycles. The van der Waals surface area contributed by atoms with Gasteiger partial charge in [-0.15, -0.1) is 0 Å². The summed E-state index contributed by atoms with van der Waals surface area (Å²) in [5.74, 6) is 1.81. The normalized spacial score (nSPS) is 19.8. The molecule has 4 rings (SSSR count). The molecule has 1 aliphatic carbocycles. The van der Waals surface area contributed by atoms with Crippen molar-refractivity contribution in [1.82, 2.24) is 10.5 Å². The van der Waals surface area contributed by atoms with Crippen molar-refractivity contribution in [3.05, 3.63) is 29.7 Å². The Kier molecular flexibility index (Phi) is 4.21. The molecule has 2 fully saturated rings. The van der Waals surface area contributed by atoms with Gasteiger partial charge in [-0.3, -0.25) is 4.79 Å². The summed E-state index contributed by atoms with van der Waals surface area (Å²) in [5, 5.41) is 10.4. The van der Waals surface area contributed by atoms with Gasteiger partial charge >= 0.3 is 0 Å². The Bertz CT molecular complexity index is 770. The average Bonchev–Trinajstić information content (AvgIpc) is 3.23. The number of carbonyl (C=O) groups excluding carboxylic acids is 1. The third-order valence-electron chi connectivity index (χ3n) is 4.81. The van der Waals surface area contributed by atoms with E-state index in [4.69, 9.17) is 9.26 Å². The number of ether oxygens (including phenoxy) is 1. The van der Waals surface area contributed by atoms with Gasteiger partial charge in [-0.1, -0.05) is 5.16 Å². The van der Waals surface area contributed by atoms with Gasteiger partial charge in [-0.25, -0.2) is 0 Å². The van der Waals surface area contributed by atoms with Crippen LogP contribution >= 0.6 is 0 Å². The number of rotatable bonds is 5. The molecule has 6 nitrogen and oxygen atoms in total. The minimum absolute atomic E-state index is 0.0957. The number of hydrogen-bond acceptors (Lipinski definition) is 5. The highest BCUT2D eigenvalue weighted by atomic mass is 16.5. The van der Waals surface area contributed by atoms with E-state index in [0.29, 0.717) is 0 Å². The molecule has 1 aliphatic heterocycles. The molecule has 1 amide bonds. The van der Waals surface area contributed by atoms with E-state index in [1.807, 2.05) is 32.0 Å². The largest absolute Gasteiger partial charge is 0.488 e. The fourth-order valence-corrected chi connectivity index (χ4v) is 3.27. The highest BCUT2D eigenvalue weighted by molar-refractivity contribution is 5.95. The van der Waals surface area contributed by atoms with Crippen LogP contribution in [0.3, 0.4) is 0 Å². The fourth-order valence-electron chi connectivity index (χ4n) is 3.27. The Morgan fingerprint density at radius 2 is 2.16 bits per heavy atom. The average molecular weight is 341 g/mol. The molecule has 1 aromatic heterocycles. The third-order valence-corrected chi connectivity index (χ3v) is 4.81. The predicted molar refractivity (Wildman–Crippen MR) is 94.7 cm³/mol. The zero-order valence-electron chi connectivity index (χ0n) is 14.6. The van der Waals surface area contributed by atoms with E-state index in [-0.39, 0.29) is 17.9 Å². The van der Waals surface area contributed by atoms with Gasteiger partial charge in [-0.2, -0.15) is 0 Å². The lowest BCUT2D eigenvalue weighted by molar-refractivity contribution is -0.117. The topological polar surface area (TPSA) is 76.4 Å². The van der Waals surface area contributed by atoms with Crippen LogP contribution in [-0.2, 0) is 4.79 Å². The number of hydrogen-bond donors (Lipinski definition) is 2. The Balaban J connectivity index is 1.68. The first-order chi connectivity index (χ1) is 12.1. The minimum Gasteiger partial charge on any atom is -0.488 e. The van der Waals surface area contributed by atoms with Crippen molar-refractivity contribution in [3.63, 3.8) is 0 Å². The van der Waals surface area contributed by atoms with Crippen LogP contribution in [0, 0.1) is 19.8 Å². The lowest BCUT2D eigenvalue weighted by Crippen LogP contribution is -2.20. The number of benzene rings is 1. The van der Waals surface area contributed by atoms with Crippen LogP contribution in [0.5, 0.6) is 5.75 Å². The first-order valence-electron chi connectivity index (χ1n) is 8.87. The van der Waals surface area contributed by atoms with Gasteiger partial charge in [0.1, 0.15) is 17.6 Å². The summed E-state index contributed by atoms with van der Waals surface area (Å²) in [4.78, 5) is 12.1. The second-order valence-electron chi connectivity index (χ2n) is 6.91. The van der Waals surface area contributed by atoms with Gasteiger partial charge in [0.25, 0.3) is 0 Å². The molecule has 132 valence electrons. The molecule has 6 heteroatoms. The van der Waals surface area contributed by atoms with Crippen molar-refractivity contribution in [2.45, 2.75) is 39.2 Å². The molecule has 1 aromatic carbocycles. The van der Waals surface area contributed by atoms with Gasteiger partial charge in [0.2, 0.25) is 5.91 Å². The number of anilines is 1. The number of carbonyl (C=O) groups is 1. The van der Waals surface area contributed by atoms with Gasteiger partial charge in [0, 0.05) is 23.7 Å². The summed E-state index contributed by atoms with van der Waals surface area (Å²) in [7, 11) is 0. The van der Waals surface area contributed by atoms with Gasteiger partial charge in [-0.05, 0) is 57.9 Å². The van der Waals surface area contributed by atoms with E-state index in [0.717, 1.165) is 66.4 Å². The van der Waals surface area contributed by atoms with Crippen molar-refractivity contribution in [3.8, 4) is 16.9 Å². The number of aromatic nitrogens is 1. The molecule has 1 atom stereocenters. The minimum atomic E-state index is 0.0957. The zero-order valence-corrected chi connectivity index (χ0v) is 14.6. The lowest BCUT2D eigenvalue weighted by atomic mass is 10.0. The standard InChI is InChI=1S/C19H23N3O3/c1-11-18(12(2)25-22-11)16-9-14(21-19(23)13-3-4-13)5-6-17(16)24-15-7-8-20-10-15/h5-6,9,13,15,20H,3-4,7-8,10H2,1-2H3,(H,21,23)/t15-/m1/s1. The quantitative estimate of drug-likeness (QED) is 0.874. The zero-order chi connectivity index (χ0) is 17.4. The Morgan fingerprint density at radius 3 is 2.80 bits per heavy atom. The van der Waals surface area contributed by atoms with Crippen molar-refractivity contribution in [1.29, 1.82) is 0 Å². The number of aryl methyl sites for hydroxylation is 2. The van der Waals surface area contributed by atoms with Crippen molar-refractivity contribution in [2.75, 3.05) is 18.4 Å². The molecule has 1 saturated heterocycles. The maximum atomic E-state index is 12.1. The molecule has 0 spiro atoms. The summed E-state index contributed by atoms with van der Waals surface area (Å²) in [6.45, 7) is 5.63. The van der Waals surface area contributed by atoms with Crippen LogP contribution in [0.15, 0.2) is 22.7 Å². The summed E-state index contributed by atoms with van der Waals surface area (Å²) < 4.78 is 11.6. The molecular weight excluding hydrogens is 318 g/mol. The second kappa shape index (κ2) is 6.52. The lowest BCUT2D eigenvalue weighted by Gasteiger charge is -2.17. The van der Waals surface area contributed by atoms with Gasteiger partial charge < -0.3 is 19.9 Å². The van der Waals surface area contributed by atoms with Crippen LogP contribution in [0.1, 0.15) is 30.7 Å². The summed E-state index contributed by atoms with van der Waals surface area (Å²) in [5.41, 5.74) is 3.45. The number of nitrogens with one attached hydrogen (secondary N) is 2. The number of nitrogens with zero attached hydrogens (tertiary/aromatic N) is 1. The van der Waals surface area contributed by atoms with Crippen molar-refractivity contribution < 1.29 is 14.1 Å². The predicted octanol–water partition coefficient (Wildman–Crippen LogP) is 3.05. The molecule has 0 radical (unpaired) electrons. The van der Waals surface area contributed by atoms with Crippen molar-refractivity contribution >= 4 is 11.6 Å². The smallest absolute Gasteiger partial charge is 0.227 e. The first-order valence-corrected chi connectivity index (χ1v) is 8.87.